The van der Waals surface area contributed by atoms with Gasteiger partial charge in [0, 0.05) is 0 Å². The Morgan fingerprint density at radius 3 is 1.65 bits per heavy atom. The van der Waals surface area contributed by atoms with E-state index >= 15 is 8.78 Å². The predicted octanol–water partition coefficient (Wildman–Crippen LogP) is 9.70. The van der Waals surface area contributed by atoms with Gasteiger partial charge in [-0.25, -0.2) is 0 Å². The molecule has 0 radical (unpaired) electrons. The molecule has 0 saturated heterocycles. The first-order chi connectivity index (χ1) is 16.5. The first kappa shape index (κ1) is 25.5. The van der Waals surface area contributed by atoms with E-state index in [-0.39, 0.29) is 0 Å². The normalized spacial score (nSPS) is 33.4. The summed E-state index contributed by atoms with van der Waals surface area (Å²) in [6.07, 6.45) is 18.8. The van der Waals surface area contributed by atoms with Crippen LogP contribution in [-0.2, 0) is 0 Å². The largest absolute Gasteiger partial charge is 0.432 e. The van der Waals surface area contributed by atoms with Crippen LogP contribution in [0.1, 0.15) is 102 Å². The second kappa shape index (κ2) is 11.9. The molecule has 3 aliphatic rings. The first-order valence-electron chi connectivity index (χ1n) is 13.9. The van der Waals surface area contributed by atoms with Crippen LogP contribution in [0, 0.1) is 29.6 Å². The molecule has 1 nitrogen and oxygen atoms in total. The van der Waals surface area contributed by atoms with Crippen LogP contribution >= 0.6 is 0 Å². The molecule has 3 fully saturated rings. The molecule has 3 aliphatic carbocycles. The summed E-state index contributed by atoms with van der Waals surface area (Å²) in [7, 11) is 0. The van der Waals surface area contributed by atoms with E-state index in [4.69, 9.17) is 4.74 Å². The number of alkyl halides is 2. The minimum atomic E-state index is -3.08. The molecule has 3 heteroatoms. The Morgan fingerprint density at radius 1 is 0.676 bits per heavy atom. The monoisotopic (exact) mass is 470 g/mol. The molecule has 1 aromatic rings. The quantitative estimate of drug-likeness (QED) is 0.360. The van der Waals surface area contributed by atoms with E-state index in [9.17, 15) is 0 Å². The van der Waals surface area contributed by atoms with E-state index < -0.39 is 12.0 Å². The SMILES string of the molecule is C/C=C/C1CCC(c2ccc(OC(F)(F)C3CCC(C4CCC(/C=C/C)CC4)CC3)cc2)CC1. The van der Waals surface area contributed by atoms with Crippen molar-refractivity contribution in [3.8, 4) is 5.75 Å². The molecule has 4 rings (SSSR count). The van der Waals surface area contributed by atoms with Crippen molar-refractivity contribution in [2.45, 2.75) is 103 Å². The molecule has 0 heterocycles. The Labute approximate surface area is 206 Å². The van der Waals surface area contributed by atoms with Crippen LogP contribution < -0.4 is 4.74 Å². The second-order valence-corrected chi connectivity index (χ2v) is 11.2. The van der Waals surface area contributed by atoms with Crippen molar-refractivity contribution in [2.24, 2.45) is 29.6 Å². The molecular formula is C31H44F2O. The van der Waals surface area contributed by atoms with Crippen molar-refractivity contribution in [2.75, 3.05) is 0 Å². The van der Waals surface area contributed by atoms with Crippen LogP contribution in [0.25, 0.3) is 0 Å². The van der Waals surface area contributed by atoms with Crippen molar-refractivity contribution in [1.29, 1.82) is 0 Å². The van der Waals surface area contributed by atoms with Crippen molar-refractivity contribution in [3.63, 3.8) is 0 Å². The van der Waals surface area contributed by atoms with Gasteiger partial charge in [-0.3, -0.25) is 0 Å². The van der Waals surface area contributed by atoms with E-state index in [2.05, 4.69) is 38.2 Å². The van der Waals surface area contributed by atoms with Crippen LogP contribution in [0.2, 0.25) is 0 Å². The lowest BCUT2D eigenvalue weighted by Gasteiger charge is -2.39. The number of ether oxygens (including phenoxy) is 1. The van der Waals surface area contributed by atoms with Crippen LogP contribution in [0.3, 0.4) is 0 Å². The van der Waals surface area contributed by atoms with E-state index in [0.717, 1.165) is 24.7 Å². The zero-order valence-corrected chi connectivity index (χ0v) is 21.2. The molecule has 0 spiro atoms. The first-order valence-corrected chi connectivity index (χ1v) is 13.9. The summed E-state index contributed by atoms with van der Waals surface area (Å²) in [6.45, 7) is 4.19. The van der Waals surface area contributed by atoms with Gasteiger partial charge in [0.1, 0.15) is 5.75 Å². The van der Waals surface area contributed by atoms with E-state index in [0.29, 0.717) is 36.3 Å². The maximum atomic E-state index is 15.0. The van der Waals surface area contributed by atoms with E-state index in [1.165, 1.54) is 56.9 Å². The average Bonchev–Trinajstić information content (AvgIpc) is 2.86. The fraction of sp³-hybridized carbons (Fsp3) is 0.677. The summed E-state index contributed by atoms with van der Waals surface area (Å²) < 4.78 is 35.4. The Morgan fingerprint density at radius 2 is 1.15 bits per heavy atom. The minimum absolute atomic E-state index is 0.306. The highest BCUT2D eigenvalue weighted by Gasteiger charge is 2.45. The van der Waals surface area contributed by atoms with Gasteiger partial charge in [0.25, 0.3) is 0 Å². The van der Waals surface area contributed by atoms with Crippen LogP contribution in [0.4, 0.5) is 8.78 Å². The molecule has 0 bridgehead atoms. The zero-order chi connectivity index (χ0) is 24.0. The fourth-order valence-electron chi connectivity index (χ4n) is 6.97. The van der Waals surface area contributed by atoms with Gasteiger partial charge in [-0.1, -0.05) is 36.4 Å². The van der Waals surface area contributed by atoms with Crippen LogP contribution in [-0.4, -0.2) is 6.11 Å². The van der Waals surface area contributed by atoms with Gasteiger partial charge in [-0.15, -0.1) is 0 Å². The molecule has 0 unspecified atom stereocenters. The Bertz CT molecular complexity index is 787. The molecule has 34 heavy (non-hydrogen) atoms. The zero-order valence-electron chi connectivity index (χ0n) is 21.2. The summed E-state index contributed by atoms with van der Waals surface area (Å²) in [5, 5.41) is 0. The van der Waals surface area contributed by atoms with Gasteiger partial charge in [0.2, 0.25) is 0 Å². The van der Waals surface area contributed by atoms with Gasteiger partial charge in [0.15, 0.2) is 0 Å². The van der Waals surface area contributed by atoms with Crippen molar-refractivity contribution in [1.82, 2.24) is 0 Å². The lowest BCUT2D eigenvalue weighted by atomic mass is 9.69. The third-order valence-electron chi connectivity index (χ3n) is 9.04. The molecule has 0 amide bonds. The van der Waals surface area contributed by atoms with E-state index in [1.54, 1.807) is 12.1 Å². The standard InChI is InChI=1S/C31H44F2O/c1-3-5-23-7-11-25(12-8-23)27-15-19-29(20-16-27)31(32,33)34-30-21-17-28(18-22-30)26-13-9-24(6-4-2)10-14-26/h3-6,17-18,21-27,29H,7-16,19-20H2,1-2H3/b5-3+,6-4+. The van der Waals surface area contributed by atoms with Crippen molar-refractivity contribution in [3.05, 3.63) is 54.1 Å². The summed E-state index contributed by atoms with van der Waals surface area (Å²) in [6, 6.07) is 7.53. The topological polar surface area (TPSA) is 9.23 Å². The van der Waals surface area contributed by atoms with Crippen LogP contribution in [0.15, 0.2) is 48.6 Å². The average molecular weight is 471 g/mol. The highest BCUT2D eigenvalue weighted by atomic mass is 19.3. The molecule has 0 atom stereocenters. The lowest BCUT2D eigenvalue weighted by molar-refractivity contribution is -0.224. The van der Waals surface area contributed by atoms with Gasteiger partial charge in [-0.2, -0.15) is 8.78 Å². The Kier molecular flexibility index (Phi) is 8.88. The molecule has 1 aromatic carbocycles. The predicted molar refractivity (Wildman–Crippen MR) is 137 cm³/mol. The Balaban J connectivity index is 1.24. The third-order valence-corrected chi connectivity index (χ3v) is 9.04. The van der Waals surface area contributed by atoms with Gasteiger partial charge < -0.3 is 4.74 Å². The summed E-state index contributed by atoms with van der Waals surface area (Å²) in [4.78, 5) is 0. The number of allylic oxidation sites excluding steroid dienone is 4. The molecular weight excluding hydrogens is 426 g/mol. The van der Waals surface area contributed by atoms with Gasteiger partial charge in [0.05, 0.1) is 5.92 Å². The summed E-state index contributed by atoms with van der Waals surface area (Å²) in [5.74, 6) is 2.98. The maximum Gasteiger partial charge on any atom is 0.400 e. The molecule has 188 valence electrons. The second-order valence-electron chi connectivity index (χ2n) is 11.2. The molecule has 0 aromatic heterocycles. The number of hydrogen-bond acceptors (Lipinski definition) is 1. The highest BCUT2D eigenvalue weighted by Crippen LogP contribution is 2.46. The minimum Gasteiger partial charge on any atom is -0.432 e. The van der Waals surface area contributed by atoms with Gasteiger partial charge >= 0.3 is 6.11 Å². The molecule has 3 saturated carbocycles. The number of benzene rings is 1. The van der Waals surface area contributed by atoms with Crippen LogP contribution in [0.5, 0.6) is 5.75 Å². The fourth-order valence-corrected chi connectivity index (χ4v) is 6.97. The highest BCUT2D eigenvalue weighted by molar-refractivity contribution is 5.30. The number of rotatable bonds is 7. The lowest BCUT2D eigenvalue weighted by Crippen LogP contribution is -2.38. The number of halogens is 2. The maximum absolute atomic E-state index is 15.0. The van der Waals surface area contributed by atoms with E-state index in [1.807, 2.05) is 12.1 Å². The summed E-state index contributed by atoms with van der Waals surface area (Å²) in [5.41, 5.74) is 1.26. The van der Waals surface area contributed by atoms with Crippen molar-refractivity contribution >= 4 is 0 Å². The van der Waals surface area contributed by atoms with Gasteiger partial charge in [-0.05, 0) is 138 Å². The number of hydrogen-bond donors (Lipinski definition) is 0. The van der Waals surface area contributed by atoms with Crippen molar-refractivity contribution < 1.29 is 13.5 Å². The molecule has 0 aliphatic heterocycles. The Hall–Kier alpha value is -1.64. The summed E-state index contributed by atoms with van der Waals surface area (Å²) >= 11 is 0. The third kappa shape index (κ3) is 6.52. The molecule has 0 N–H and O–H groups in total. The smallest absolute Gasteiger partial charge is 0.400 e.